The lowest BCUT2D eigenvalue weighted by atomic mass is 9.98. The van der Waals surface area contributed by atoms with Gasteiger partial charge in [0.1, 0.15) is 17.5 Å². The van der Waals surface area contributed by atoms with Crippen molar-refractivity contribution in [3.8, 4) is 5.75 Å². The van der Waals surface area contributed by atoms with E-state index < -0.39 is 45.4 Å². The maximum Gasteiger partial charge on any atom is 0.294 e. The van der Waals surface area contributed by atoms with E-state index in [-0.39, 0.29) is 23.9 Å². The lowest BCUT2D eigenvalue weighted by Crippen LogP contribution is -2.54. The summed E-state index contributed by atoms with van der Waals surface area (Å²) >= 11 is 0. The molecule has 1 aliphatic heterocycles. The van der Waals surface area contributed by atoms with Crippen LogP contribution in [0.15, 0.2) is 24.3 Å². The van der Waals surface area contributed by atoms with Crippen LogP contribution in [0.1, 0.15) is 42.6 Å². The Hall–Kier alpha value is -3.16. The van der Waals surface area contributed by atoms with Gasteiger partial charge in [-0.3, -0.25) is 18.9 Å². The molecular weight excluding hydrogens is 492 g/mol. The summed E-state index contributed by atoms with van der Waals surface area (Å²) in [6.07, 6.45) is 2.31. The molecule has 12 nitrogen and oxygen atoms in total. The number of aliphatic hydroxyl groups excluding tert-OH is 1. The Morgan fingerprint density at radius 3 is 2.56 bits per heavy atom. The molecule has 196 valence electrons. The van der Waals surface area contributed by atoms with Gasteiger partial charge in [0.25, 0.3) is 16.0 Å². The average Bonchev–Trinajstić information content (AvgIpc) is 3.39. The number of benzene rings is 1. The number of H-pyrrole nitrogens is 1. The first-order valence-electron chi connectivity index (χ1n) is 11.8. The monoisotopic (exact) mass is 522 g/mol. The van der Waals surface area contributed by atoms with E-state index in [1.165, 1.54) is 7.11 Å². The highest BCUT2D eigenvalue weighted by Crippen LogP contribution is 2.34. The van der Waals surface area contributed by atoms with Crippen LogP contribution in [0.25, 0.3) is 10.9 Å². The SMILES string of the molecule is COc1cccc2[nH]c(C(=O)N[C@@H](CC3CC3)C(=O)N[C@@H](C[C@@H]3CCNC3=O)C(O)S(=O)(=O)O)cc12. The molecule has 1 saturated carbocycles. The van der Waals surface area contributed by atoms with Crippen molar-refractivity contribution in [1.82, 2.24) is 20.9 Å². The molecule has 13 heteroatoms. The van der Waals surface area contributed by atoms with Crippen molar-refractivity contribution < 1.29 is 37.2 Å². The number of ether oxygens (including phenoxy) is 1. The van der Waals surface area contributed by atoms with E-state index in [1.807, 2.05) is 0 Å². The number of aromatic nitrogens is 1. The zero-order valence-corrected chi connectivity index (χ0v) is 20.5. The molecule has 1 aromatic heterocycles. The number of hydrogen-bond donors (Lipinski definition) is 6. The Balaban J connectivity index is 1.51. The van der Waals surface area contributed by atoms with Crippen LogP contribution >= 0.6 is 0 Å². The van der Waals surface area contributed by atoms with Crippen LogP contribution in [0, 0.1) is 11.8 Å². The highest BCUT2D eigenvalue weighted by molar-refractivity contribution is 7.86. The van der Waals surface area contributed by atoms with Gasteiger partial charge in [-0.1, -0.05) is 18.9 Å². The van der Waals surface area contributed by atoms with Crippen LogP contribution in [0.5, 0.6) is 5.75 Å². The summed E-state index contributed by atoms with van der Waals surface area (Å²) in [6, 6.07) is 4.45. The second-order valence-corrected chi connectivity index (χ2v) is 10.9. The molecule has 4 rings (SSSR count). The number of carbonyl (C=O) groups excluding carboxylic acids is 3. The van der Waals surface area contributed by atoms with Crippen molar-refractivity contribution >= 4 is 38.7 Å². The number of carbonyl (C=O) groups is 3. The van der Waals surface area contributed by atoms with Crippen molar-refractivity contribution in [3.63, 3.8) is 0 Å². The molecule has 3 amide bonds. The Morgan fingerprint density at radius 2 is 1.94 bits per heavy atom. The van der Waals surface area contributed by atoms with Crippen molar-refractivity contribution in [2.45, 2.75) is 49.6 Å². The molecule has 1 aliphatic carbocycles. The molecule has 2 aromatic rings. The first-order valence-corrected chi connectivity index (χ1v) is 13.3. The third kappa shape index (κ3) is 5.97. The minimum absolute atomic E-state index is 0.190. The highest BCUT2D eigenvalue weighted by atomic mass is 32.2. The smallest absolute Gasteiger partial charge is 0.294 e. The molecule has 36 heavy (non-hydrogen) atoms. The fourth-order valence-electron chi connectivity index (χ4n) is 4.50. The quantitative estimate of drug-likeness (QED) is 0.227. The van der Waals surface area contributed by atoms with Crippen LogP contribution < -0.4 is 20.7 Å². The van der Waals surface area contributed by atoms with Crippen LogP contribution in [-0.2, 0) is 19.7 Å². The van der Waals surface area contributed by atoms with Crippen LogP contribution in [0.2, 0.25) is 0 Å². The molecule has 6 N–H and O–H groups in total. The molecular formula is C23H30N4O8S. The lowest BCUT2D eigenvalue weighted by Gasteiger charge is -2.27. The number of rotatable bonds is 11. The Kier molecular flexibility index (Phi) is 7.52. The van der Waals surface area contributed by atoms with Crippen LogP contribution in [-0.4, -0.2) is 72.0 Å². The third-order valence-corrected chi connectivity index (χ3v) is 7.59. The van der Waals surface area contributed by atoms with Gasteiger partial charge in [0, 0.05) is 23.4 Å². The van der Waals surface area contributed by atoms with Crippen LogP contribution in [0.3, 0.4) is 0 Å². The second-order valence-electron chi connectivity index (χ2n) is 9.34. The van der Waals surface area contributed by atoms with Crippen molar-refractivity contribution in [2.75, 3.05) is 13.7 Å². The molecule has 1 aromatic carbocycles. The van der Waals surface area contributed by atoms with Gasteiger partial charge in [-0.2, -0.15) is 8.42 Å². The van der Waals surface area contributed by atoms with Crippen LogP contribution in [0.4, 0.5) is 0 Å². The summed E-state index contributed by atoms with van der Waals surface area (Å²) in [5.41, 5.74) is -1.44. The van der Waals surface area contributed by atoms with E-state index in [9.17, 15) is 32.5 Å². The molecule has 2 aliphatic rings. The lowest BCUT2D eigenvalue weighted by molar-refractivity contribution is -0.126. The maximum atomic E-state index is 13.2. The van der Waals surface area contributed by atoms with Gasteiger partial charge < -0.3 is 30.8 Å². The minimum Gasteiger partial charge on any atom is -0.496 e. The predicted octanol–water partition coefficient (Wildman–Crippen LogP) is 0.292. The summed E-state index contributed by atoms with van der Waals surface area (Å²) in [5, 5.41) is 18.7. The fraction of sp³-hybridized carbons (Fsp3) is 0.522. The largest absolute Gasteiger partial charge is 0.496 e. The Bertz CT molecular complexity index is 1260. The molecule has 1 unspecified atom stereocenters. The second kappa shape index (κ2) is 10.4. The molecule has 0 spiro atoms. The molecule has 0 radical (unpaired) electrons. The molecule has 2 fully saturated rings. The van der Waals surface area contributed by atoms with E-state index in [2.05, 4.69) is 20.9 Å². The normalized spacial score (nSPS) is 20.4. The summed E-state index contributed by atoms with van der Waals surface area (Å²) in [5.74, 6) is -1.42. The van der Waals surface area contributed by atoms with E-state index in [0.29, 0.717) is 36.0 Å². The number of fused-ring (bicyclic) bond motifs is 1. The number of methoxy groups -OCH3 is 1. The molecule has 4 atom stereocenters. The van der Waals surface area contributed by atoms with Crippen molar-refractivity contribution in [1.29, 1.82) is 0 Å². The fourth-order valence-corrected chi connectivity index (χ4v) is 5.09. The minimum atomic E-state index is -4.93. The van der Waals surface area contributed by atoms with Gasteiger partial charge in [0.15, 0.2) is 0 Å². The van der Waals surface area contributed by atoms with Gasteiger partial charge >= 0.3 is 0 Å². The van der Waals surface area contributed by atoms with E-state index in [0.717, 1.165) is 12.8 Å². The topological polar surface area (TPSA) is 187 Å². The zero-order valence-electron chi connectivity index (χ0n) is 19.7. The molecule has 2 heterocycles. The van der Waals surface area contributed by atoms with E-state index in [4.69, 9.17) is 4.74 Å². The number of hydrogen-bond acceptors (Lipinski definition) is 7. The third-order valence-electron chi connectivity index (χ3n) is 6.65. The molecule has 1 saturated heterocycles. The first kappa shape index (κ1) is 25.9. The standard InChI is InChI=1S/C23H30N4O8S/c1-35-19-4-2-3-15-14(19)11-17(25-15)22(30)26-16(9-12-5-6-12)21(29)27-18(23(31)36(32,33)34)10-13-7-8-24-20(13)28/h2-4,11-13,16,18,23,25,31H,5-10H2,1H3,(H,24,28)(H,26,30)(H,27,29)(H,32,33,34)/t13-,16-,18-,23?/m0/s1. The zero-order chi connectivity index (χ0) is 26.0. The van der Waals surface area contributed by atoms with Gasteiger partial charge in [-0.05, 0) is 43.4 Å². The predicted molar refractivity (Wildman–Crippen MR) is 129 cm³/mol. The maximum absolute atomic E-state index is 13.2. The summed E-state index contributed by atoms with van der Waals surface area (Å²) in [7, 11) is -3.41. The van der Waals surface area contributed by atoms with Crippen molar-refractivity contribution in [2.24, 2.45) is 11.8 Å². The summed E-state index contributed by atoms with van der Waals surface area (Å²) in [4.78, 5) is 41.2. The average molecular weight is 523 g/mol. The number of nitrogens with one attached hydrogen (secondary N) is 4. The first-order chi connectivity index (χ1) is 17.1. The van der Waals surface area contributed by atoms with Crippen molar-refractivity contribution in [3.05, 3.63) is 30.0 Å². The van der Waals surface area contributed by atoms with Gasteiger partial charge in [-0.15, -0.1) is 0 Å². The Morgan fingerprint density at radius 1 is 1.19 bits per heavy atom. The number of aliphatic hydroxyl groups is 1. The Labute approximate surface area is 207 Å². The van der Waals surface area contributed by atoms with Gasteiger partial charge in [0.2, 0.25) is 17.3 Å². The van der Waals surface area contributed by atoms with Gasteiger partial charge in [-0.25, -0.2) is 0 Å². The molecule has 0 bridgehead atoms. The van der Waals surface area contributed by atoms with E-state index >= 15 is 0 Å². The summed E-state index contributed by atoms with van der Waals surface area (Å²) in [6.45, 7) is 0.391. The van der Waals surface area contributed by atoms with E-state index in [1.54, 1.807) is 24.3 Å². The number of aromatic amines is 1. The highest BCUT2D eigenvalue weighted by Gasteiger charge is 2.39. The van der Waals surface area contributed by atoms with Gasteiger partial charge in [0.05, 0.1) is 13.2 Å². The number of amides is 3. The summed E-state index contributed by atoms with van der Waals surface area (Å²) < 4.78 is 38.0.